The molecule has 0 aromatic heterocycles. The number of piperidine rings is 1. The van der Waals surface area contributed by atoms with Gasteiger partial charge in [0.15, 0.2) is 5.96 Å². The summed E-state index contributed by atoms with van der Waals surface area (Å²) in [6, 6.07) is 0.394. The van der Waals surface area contributed by atoms with Crippen LogP contribution in [0.15, 0.2) is 4.99 Å². The van der Waals surface area contributed by atoms with Crippen LogP contribution >= 0.6 is 0 Å². The minimum absolute atomic E-state index is 0.253. The molecule has 0 saturated carbocycles. The summed E-state index contributed by atoms with van der Waals surface area (Å²) in [6.07, 6.45) is 6.37. The molecule has 0 radical (unpaired) electrons. The molecule has 0 spiro atoms. The van der Waals surface area contributed by atoms with Gasteiger partial charge in [-0.25, -0.2) is 0 Å². The number of carbonyl (C=O) groups excluding carboxylic acids is 1. The van der Waals surface area contributed by atoms with Crippen LogP contribution in [-0.2, 0) is 4.79 Å². The van der Waals surface area contributed by atoms with E-state index in [0.29, 0.717) is 19.0 Å². The number of hydrogen-bond acceptors (Lipinski definition) is 2. The minimum atomic E-state index is 0.253. The van der Waals surface area contributed by atoms with Gasteiger partial charge in [-0.05, 0) is 39.5 Å². The summed E-state index contributed by atoms with van der Waals surface area (Å²) < 4.78 is 0. The lowest BCUT2D eigenvalue weighted by Crippen LogP contribution is -2.42. The summed E-state index contributed by atoms with van der Waals surface area (Å²) >= 11 is 0. The first-order valence-corrected chi connectivity index (χ1v) is 8.89. The Hall–Kier alpha value is -1.26. The topological polar surface area (TPSA) is 47.9 Å². The van der Waals surface area contributed by atoms with E-state index in [4.69, 9.17) is 0 Å². The van der Waals surface area contributed by atoms with Crippen molar-refractivity contribution in [1.82, 2.24) is 15.1 Å². The van der Waals surface area contributed by atoms with Gasteiger partial charge < -0.3 is 15.1 Å². The third kappa shape index (κ3) is 6.24. The Morgan fingerprint density at radius 1 is 1.36 bits per heavy atom. The first kappa shape index (κ1) is 18.8. The average molecular weight is 310 g/mol. The van der Waals surface area contributed by atoms with Crippen LogP contribution in [0.1, 0.15) is 59.3 Å². The molecule has 0 bridgehead atoms. The van der Waals surface area contributed by atoms with Crippen LogP contribution < -0.4 is 5.32 Å². The van der Waals surface area contributed by atoms with Crippen LogP contribution in [0.5, 0.6) is 0 Å². The number of nitrogens with zero attached hydrogens (tertiary/aromatic N) is 3. The third-order valence-electron chi connectivity index (χ3n) is 4.25. The third-order valence-corrected chi connectivity index (χ3v) is 4.25. The van der Waals surface area contributed by atoms with Gasteiger partial charge in [-0.3, -0.25) is 9.79 Å². The number of nitrogens with one attached hydrogen (secondary N) is 1. The summed E-state index contributed by atoms with van der Waals surface area (Å²) in [5.74, 6) is 1.17. The second-order valence-electron chi connectivity index (χ2n) is 6.19. The maximum absolute atomic E-state index is 12.3. The molecule has 1 rings (SSSR count). The van der Waals surface area contributed by atoms with E-state index in [2.05, 4.69) is 43.0 Å². The molecule has 1 heterocycles. The molecule has 1 unspecified atom stereocenters. The van der Waals surface area contributed by atoms with Gasteiger partial charge in [0.05, 0.1) is 6.54 Å². The van der Waals surface area contributed by atoms with Crippen molar-refractivity contribution in [2.24, 2.45) is 4.99 Å². The molecule has 1 aliphatic heterocycles. The second kappa shape index (κ2) is 10.5. The van der Waals surface area contributed by atoms with Crippen LogP contribution in [0.4, 0.5) is 0 Å². The number of hydrogen-bond donors (Lipinski definition) is 1. The van der Waals surface area contributed by atoms with E-state index in [-0.39, 0.29) is 5.91 Å². The van der Waals surface area contributed by atoms with E-state index in [0.717, 1.165) is 44.9 Å². The number of rotatable bonds is 7. The monoisotopic (exact) mass is 310 g/mol. The van der Waals surface area contributed by atoms with Crippen LogP contribution in [-0.4, -0.2) is 60.9 Å². The molecule has 1 saturated heterocycles. The Bertz CT molecular complexity index is 357. The predicted molar refractivity (Wildman–Crippen MR) is 93.2 cm³/mol. The van der Waals surface area contributed by atoms with E-state index in [1.807, 2.05) is 4.90 Å². The normalized spacial score (nSPS) is 19.2. The summed E-state index contributed by atoms with van der Waals surface area (Å²) in [4.78, 5) is 21.1. The van der Waals surface area contributed by atoms with Gasteiger partial charge in [0.1, 0.15) is 0 Å². The molecule has 5 nitrogen and oxygen atoms in total. The van der Waals surface area contributed by atoms with Crippen LogP contribution in [0.25, 0.3) is 0 Å². The Kier molecular flexibility index (Phi) is 8.94. The smallest absolute Gasteiger partial charge is 0.224 e. The lowest BCUT2D eigenvalue weighted by atomic mass is 10.0. The zero-order valence-electron chi connectivity index (χ0n) is 14.9. The van der Waals surface area contributed by atoms with Gasteiger partial charge in [-0.1, -0.05) is 13.3 Å². The molecule has 1 fully saturated rings. The Labute approximate surface area is 136 Å². The molecule has 0 aromatic carbocycles. The lowest BCUT2D eigenvalue weighted by Gasteiger charge is -2.33. The zero-order valence-corrected chi connectivity index (χ0v) is 14.9. The van der Waals surface area contributed by atoms with Crippen molar-refractivity contribution in [1.29, 1.82) is 0 Å². The van der Waals surface area contributed by atoms with E-state index < -0.39 is 0 Å². The highest BCUT2D eigenvalue weighted by Crippen LogP contribution is 2.17. The quantitative estimate of drug-likeness (QED) is 0.580. The van der Waals surface area contributed by atoms with E-state index >= 15 is 0 Å². The molecule has 0 aromatic rings. The van der Waals surface area contributed by atoms with Gasteiger partial charge in [0.2, 0.25) is 5.91 Å². The highest BCUT2D eigenvalue weighted by Gasteiger charge is 2.22. The number of amides is 1. The fraction of sp³-hybridized carbons (Fsp3) is 0.882. The number of carbonyl (C=O) groups is 1. The zero-order chi connectivity index (χ0) is 16.4. The van der Waals surface area contributed by atoms with Gasteiger partial charge in [0, 0.05) is 39.1 Å². The molecular formula is C17H34N4O. The number of likely N-dealkylation sites (tertiary alicyclic amines) is 1. The standard InChI is InChI=1S/C17H34N4O/c1-5-7-13-20(4)17(18-6-2)19-12-11-16(22)21-14-9-8-10-15(21)3/h15H,5-14H2,1-4H3,(H,18,19). The van der Waals surface area contributed by atoms with Gasteiger partial charge in [0.25, 0.3) is 0 Å². The number of unbranched alkanes of at least 4 members (excludes halogenated alkanes) is 1. The highest BCUT2D eigenvalue weighted by atomic mass is 16.2. The fourth-order valence-electron chi connectivity index (χ4n) is 2.84. The summed E-state index contributed by atoms with van der Waals surface area (Å²) in [5, 5.41) is 3.30. The van der Waals surface area contributed by atoms with Crippen molar-refractivity contribution in [3.63, 3.8) is 0 Å². The molecule has 1 N–H and O–H groups in total. The van der Waals surface area contributed by atoms with Crippen LogP contribution in [0, 0.1) is 0 Å². The maximum Gasteiger partial charge on any atom is 0.224 e. The van der Waals surface area contributed by atoms with Crippen LogP contribution in [0.3, 0.4) is 0 Å². The molecular weight excluding hydrogens is 276 g/mol. The number of guanidine groups is 1. The van der Waals surface area contributed by atoms with Gasteiger partial charge >= 0.3 is 0 Å². The maximum atomic E-state index is 12.3. The van der Waals surface area contributed by atoms with Gasteiger partial charge in [-0.2, -0.15) is 0 Å². The Morgan fingerprint density at radius 2 is 2.14 bits per heavy atom. The first-order valence-electron chi connectivity index (χ1n) is 8.89. The van der Waals surface area contributed by atoms with Crippen LogP contribution in [0.2, 0.25) is 0 Å². The minimum Gasteiger partial charge on any atom is -0.357 e. The van der Waals surface area contributed by atoms with E-state index in [1.54, 1.807) is 0 Å². The predicted octanol–water partition coefficient (Wildman–Crippen LogP) is 2.47. The molecule has 22 heavy (non-hydrogen) atoms. The summed E-state index contributed by atoms with van der Waals surface area (Å²) in [5.41, 5.74) is 0. The molecule has 1 amide bonds. The molecule has 1 aliphatic rings. The molecule has 1 atom stereocenters. The Morgan fingerprint density at radius 3 is 2.77 bits per heavy atom. The van der Waals surface area contributed by atoms with E-state index in [9.17, 15) is 4.79 Å². The number of aliphatic imine (C=N–C) groups is 1. The fourth-order valence-corrected chi connectivity index (χ4v) is 2.84. The van der Waals surface area contributed by atoms with Crippen molar-refractivity contribution in [3.8, 4) is 0 Å². The SMILES string of the molecule is CCCCN(C)C(=NCCC(=O)N1CCCCC1C)NCC. The van der Waals surface area contributed by atoms with Crippen molar-refractivity contribution in [2.75, 3.05) is 33.2 Å². The second-order valence-corrected chi connectivity index (χ2v) is 6.19. The molecule has 5 heteroatoms. The highest BCUT2D eigenvalue weighted by molar-refractivity contribution is 5.81. The largest absolute Gasteiger partial charge is 0.357 e. The average Bonchev–Trinajstić information content (AvgIpc) is 2.52. The lowest BCUT2D eigenvalue weighted by molar-refractivity contribution is -0.134. The van der Waals surface area contributed by atoms with Crippen molar-refractivity contribution in [3.05, 3.63) is 0 Å². The first-order chi connectivity index (χ1) is 10.6. The Balaban J connectivity index is 2.46. The summed E-state index contributed by atoms with van der Waals surface area (Å²) in [7, 11) is 2.06. The van der Waals surface area contributed by atoms with Crippen molar-refractivity contribution < 1.29 is 4.79 Å². The van der Waals surface area contributed by atoms with Gasteiger partial charge in [-0.15, -0.1) is 0 Å². The van der Waals surface area contributed by atoms with Crippen molar-refractivity contribution >= 4 is 11.9 Å². The van der Waals surface area contributed by atoms with E-state index in [1.165, 1.54) is 12.8 Å². The van der Waals surface area contributed by atoms with Crippen molar-refractivity contribution in [2.45, 2.75) is 65.3 Å². The molecule has 0 aliphatic carbocycles. The molecule has 128 valence electrons. The summed E-state index contributed by atoms with van der Waals surface area (Å²) in [6.45, 7) is 9.76.